The van der Waals surface area contributed by atoms with Crippen molar-refractivity contribution in [3.63, 3.8) is 0 Å². The second-order valence-corrected chi connectivity index (χ2v) is 32.1. The highest BCUT2D eigenvalue weighted by Crippen LogP contribution is 2.24. The number of hydrogen-bond donors (Lipinski definition) is 0. The lowest BCUT2D eigenvalue weighted by atomic mass is 10.9. The fourth-order valence-corrected chi connectivity index (χ4v) is 20.5. The molecule has 0 saturated carbocycles. The summed E-state index contributed by atoms with van der Waals surface area (Å²) in [6, 6.07) is 0. The van der Waals surface area contributed by atoms with Crippen LogP contribution in [0.2, 0.25) is 58.9 Å². The van der Waals surface area contributed by atoms with Crippen molar-refractivity contribution in [2.24, 2.45) is 0 Å². The zero-order chi connectivity index (χ0) is 40.3. The van der Waals surface area contributed by atoms with Gasteiger partial charge < -0.3 is 61.0 Å². The highest BCUT2D eigenvalue weighted by atomic mass is 28.5. The third-order valence-corrected chi connectivity index (χ3v) is 26.1. The fraction of sp³-hybridized carbons (Fsp3) is 1.00. The maximum atomic E-state index is 6.21. The molecule has 0 unspecified atom stereocenters. The molecule has 0 aliphatic rings. The average Bonchev–Trinajstić information content (AvgIpc) is 3.07. The van der Waals surface area contributed by atoms with Crippen LogP contribution in [-0.2, 0) is 80.0 Å². The molecule has 18 nitrogen and oxygen atoms in total. The molecule has 0 radical (unpaired) electrons. The van der Waals surface area contributed by atoms with E-state index in [1.54, 1.807) is 56.3 Å². The minimum Gasteiger partial charge on any atom is -0.416 e. The smallest absolute Gasteiger partial charge is 0.416 e. The summed E-state index contributed by atoms with van der Waals surface area (Å²) in [5.41, 5.74) is 0. The Kier molecular flexibility index (Phi) is 33.5. The van der Waals surface area contributed by atoms with E-state index in [2.05, 4.69) is 4.89 Å². The van der Waals surface area contributed by atoms with Gasteiger partial charge in [0.25, 0.3) is 0 Å². The normalized spacial score (nSPS) is 13.1. The summed E-state index contributed by atoms with van der Waals surface area (Å²) in [6.45, 7) is 24.2. The van der Waals surface area contributed by atoms with Crippen molar-refractivity contribution in [1.82, 2.24) is 0 Å². The van der Waals surface area contributed by atoms with Crippen molar-refractivity contribution in [2.75, 3.05) is 90.9 Å². The molecule has 0 rings (SSSR count). The van der Waals surface area contributed by atoms with Crippen LogP contribution in [-0.4, -0.2) is 152 Å². The molecule has 50 heavy (non-hydrogen) atoms. The van der Waals surface area contributed by atoms with Gasteiger partial charge in [-0.3, -0.25) is 0 Å². The van der Waals surface area contributed by atoms with Crippen LogP contribution in [0.5, 0.6) is 0 Å². The van der Waals surface area contributed by atoms with Crippen molar-refractivity contribution in [3.8, 4) is 0 Å². The summed E-state index contributed by atoms with van der Waals surface area (Å²) in [7, 11) is -1.82. The lowest BCUT2D eigenvalue weighted by Gasteiger charge is -2.39. The summed E-state index contributed by atoms with van der Waals surface area (Å²) in [5.74, 6) is 0. The van der Waals surface area contributed by atoms with Gasteiger partial charge >= 0.3 is 61.1 Å². The Morgan fingerprint density at radius 1 is 0.320 bits per heavy atom. The van der Waals surface area contributed by atoms with Gasteiger partial charge in [-0.25, -0.2) is 18.9 Å². The largest absolute Gasteiger partial charge is 0.526 e. The summed E-state index contributed by atoms with van der Waals surface area (Å²) < 4.78 is 84.8. The third-order valence-electron chi connectivity index (χ3n) is 6.07. The summed E-state index contributed by atoms with van der Waals surface area (Å²) >= 11 is 0. The Bertz CT molecular complexity index is 746. The minimum absolute atomic E-state index is 0.503. The van der Waals surface area contributed by atoms with E-state index in [9.17, 15) is 0 Å². The molecule has 308 valence electrons. The molecule has 0 amide bonds. The Hall–Kier alpha value is 0.798. The second kappa shape index (κ2) is 29.1. The maximum Gasteiger partial charge on any atom is 0.526 e. The van der Waals surface area contributed by atoms with Crippen LogP contribution in [0.25, 0.3) is 0 Å². The zero-order valence-corrected chi connectivity index (χ0v) is 42.0. The first-order valence-electron chi connectivity index (χ1n) is 15.8. The molecule has 0 aliphatic carbocycles. The van der Waals surface area contributed by atoms with E-state index in [-0.39, 0.29) is 0 Å². The van der Waals surface area contributed by atoms with Crippen molar-refractivity contribution >= 4 is 61.1 Å². The van der Waals surface area contributed by atoms with Gasteiger partial charge in [0.2, 0.25) is 0 Å². The molecule has 0 saturated heterocycles. The molecule has 0 spiro atoms. The standard InChI is InChI=1S/C10H30O7Si4.C7H18O4Si.C4H12O4Si.C4H12O3Si/c1-11-20(9,12-2)16-18(5,6)15-19(7,8)17-21(10,13-3)14-4;1-5-8-11-12(4,9-6-2)10-7-3;1-5-8-9(4,6-2)7-3;1-5-8(4,6-2)7-3/h1-10H3;5-7H2,1-4H3;1-4H3;1-4H3. The predicted molar refractivity (Wildman–Crippen MR) is 203 cm³/mol. The Labute approximate surface area is 310 Å². The van der Waals surface area contributed by atoms with E-state index in [0.717, 1.165) is 0 Å². The molecule has 25 heteroatoms. The molecule has 0 fully saturated rings. The number of hydrogen-bond acceptors (Lipinski definition) is 18. The van der Waals surface area contributed by atoms with Gasteiger partial charge in [-0.05, 0) is 47.0 Å². The van der Waals surface area contributed by atoms with Crippen molar-refractivity contribution in [1.29, 1.82) is 0 Å². The maximum absolute atomic E-state index is 6.21. The molecule has 0 N–H and O–H groups in total. The third kappa shape index (κ3) is 28.3. The van der Waals surface area contributed by atoms with Crippen LogP contribution >= 0.6 is 0 Å². The highest BCUT2D eigenvalue weighted by molar-refractivity contribution is 6.86. The van der Waals surface area contributed by atoms with E-state index < -0.39 is 61.1 Å². The molecular weight excluding hydrogens is 785 g/mol. The predicted octanol–water partition coefficient (Wildman–Crippen LogP) is 4.68. The first-order chi connectivity index (χ1) is 22.9. The lowest BCUT2D eigenvalue weighted by molar-refractivity contribution is -0.246. The van der Waals surface area contributed by atoms with Gasteiger partial charge in [-0.2, -0.15) is 0 Å². The van der Waals surface area contributed by atoms with Crippen molar-refractivity contribution < 1.29 is 80.0 Å². The molecule has 0 aliphatic heterocycles. The first kappa shape index (κ1) is 57.5. The Morgan fingerprint density at radius 2 is 0.620 bits per heavy atom. The molecule has 0 bridgehead atoms. The fourth-order valence-electron chi connectivity index (χ4n) is 3.19. The average molecular weight is 857 g/mol. The topological polar surface area (TPSA) is 166 Å². The van der Waals surface area contributed by atoms with E-state index in [1.165, 1.54) is 21.3 Å². The molecule has 0 heterocycles. The van der Waals surface area contributed by atoms with Gasteiger partial charge in [0.15, 0.2) is 0 Å². The second-order valence-electron chi connectivity index (χ2n) is 10.9. The van der Waals surface area contributed by atoms with Crippen LogP contribution in [0.15, 0.2) is 0 Å². The summed E-state index contributed by atoms with van der Waals surface area (Å²) in [6.07, 6.45) is 0. The summed E-state index contributed by atoms with van der Waals surface area (Å²) in [4.78, 5) is 9.22. The SMILES string of the molecule is CCOO[Si](C)(OCC)OCC.COO[Si](C)(OC)OC.CO[Si](C)(OC)OC.CO[Si](C)(OC)O[Si](C)(C)O[Si](C)(C)O[Si](C)(OC)OC. The Morgan fingerprint density at radius 3 is 0.800 bits per heavy atom. The molecular formula is C25H72O18Si7. The van der Waals surface area contributed by atoms with E-state index in [4.69, 9.17) is 75.1 Å². The van der Waals surface area contributed by atoms with Crippen molar-refractivity contribution in [3.05, 3.63) is 0 Å². The van der Waals surface area contributed by atoms with Gasteiger partial charge in [0, 0.05) is 110 Å². The van der Waals surface area contributed by atoms with E-state index in [1.807, 2.05) is 73.1 Å². The van der Waals surface area contributed by atoms with Crippen LogP contribution < -0.4 is 0 Å². The van der Waals surface area contributed by atoms with Crippen LogP contribution in [0.3, 0.4) is 0 Å². The van der Waals surface area contributed by atoms with Gasteiger partial charge in [0.1, 0.15) is 0 Å². The van der Waals surface area contributed by atoms with Gasteiger partial charge in [-0.1, -0.05) is 0 Å². The molecule has 0 aromatic carbocycles. The number of rotatable bonds is 24. The molecule has 0 aromatic rings. The molecule has 0 aromatic heterocycles. The minimum atomic E-state index is -2.66. The monoisotopic (exact) mass is 856 g/mol. The van der Waals surface area contributed by atoms with Crippen LogP contribution in [0, 0.1) is 0 Å². The van der Waals surface area contributed by atoms with E-state index in [0.29, 0.717) is 19.8 Å². The van der Waals surface area contributed by atoms with Crippen LogP contribution in [0.1, 0.15) is 20.8 Å². The van der Waals surface area contributed by atoms with E-state index >= 15 is 0 Å². The Balaban J connectivity index is -0.000000308. The molecule has 0 atom stereocenters. The zero-order valence-electron chi connectivity index (χ0n) is 35.0. The highest BCUT2D eigenvalue weighted by Gasteiger charge is 2.48. The lowest BCUT2D eigenvalue weighted by Crippen LogP contribution is -2.59. The quantitative estimate of drug-likeness (QED) is 0.0746. The summed E-state index contributed by atoms with van der Waals surface area (Å²) in [5, 5.41) is 0. The first-order valence-corrected chi connectivity index (χ1v) is 32.5. The van der Waals surface area contributed by atoms with Gasteiger partial charge in [-0.15, -0.1) is 0 Å². The van der Waals surface area contributed by atoms with Crippen LogP contribution in [0.4, 0.5) is 0 Å². The van der Waals surface area contributed by atoms with Crippen molar-refractivity contribution in [2.45, 2.75) is 79.7 Å². The van der Waals surface area contributed by atoms with Gasteiger partial charge in [0.05, 0.1) is 13.7 Å².